The fraction of sp³-hybridized carbons (Fsp3) is 0.818. The molecule has 4 nitrogen and oxygen atoms in total. The van der Waals surface area contributed by atoms with Crippen LogP contribution in [0.3, 0.4) is 0 Å². The van der Waals surface area contributed by atoms with Crippen molar-refractivity contribution in [1.82, 2.24) is 4.90 Å². The number of guanidine groups is 1. The van der Waals surface area contributed by atoms with Gasteiger partial charge in [0.15, 0.2) is 0 Å². The Morgan fingerprint density at radius 1 is 1.24 bits per heavy atom. The fourth-order valence-electron chi connectivity index (χ4n) is 1.72. The predicted octanol–water partition coefficient (Wildman–Crippen LogP) is 3.09. The van der Waals surface area contributed by atoms with Crippen molar-refractivity contribution in [2.24, 2.45) is 15.7 Å². The highest BCUT2D eigenvalue weighted by Gasteiger charge is 2.21. The molecule has 0 aromatic heterocycles. The number of hydrogen-bond donors (Lipinski definition) is 1. The molecular formula is C11H20Cl2N4. The second-order valence-corrected chi connectivity index (χ2v) is 4.87. The Hall–Kier alpha value is -0.480. The van der Waals surface area contributed by atoms with Crippen molar-refractivity contribution in [3.05, 3.63) is 0 Å². The first-order valence-electron chi connectivity index (χ1n) is 6.13. The van der Waals surface area contributed by atoms with Gasteiger partial charge in [-0.1, -0.05) is 50.6 Å². The molecule has 0 aromatic carbocycles. The Morgan fingerprint density at radius 3 is 2.53 bits per heavy atom. The number of rotatable bonds is 7. The number of alkyl halides is 1. The van der Waals surface area contributed by atoms with E-state index >= 15 is 0 Å². The van der Waals surface area contributed by atoms with E-state index in [1.165, 1.54) is 32.1 Å². The normalized spacial score (nSPS) is 20.2. The summed E-state index contributed by atoms with van der Waals surface area (Å²) in [5.74, 6) is 0.147. The van der Waals surface area contributed by atoms with E-state index in [1.807, 2.05) is 0 Å². The quantitative estimate of drug-likeness (QED) is 0.442. The van der Waals surface area contributed by atoms with E-state index in [1.54, 1.807) is 4.90 Å². The summed E-state index contributed by atoms with van der Waals surface area (Å²) >= 11 is 12.0. The first-order valence-corrected chi connectivity index (χ1v) is 6.94. The van der Waals surface area contributed by atoms with Crippen LogP contribution in [-0.2, 0) is 0 Å². The fourth-order valence-corrected chi connectivity index (χ4v) is 2.32. The molecule has 0 spiro atoms. The number of amidine groups is 1. The first kappa shape index (κ1) is 14.6. The molecule has 0 saturated carbocycles. The van der Waals surface area contributed by atoms with Crippen LogP contribution in [-0.4, -0.2) is 28.3 Å². The van der Waals surface area contributed by atoms with Gasteiger partial charge in [0.25, 0.3) is 0 Å². The van der Waals surface area contributed by atoms with Crippen molar-refractivity contribution in [3.63, 3.8) is 0 Å². The highest BCUT2D eigenvalue weighted by molar-refractivity contribution is 6.65. The van der Waals surface area contributed by atoms with Crippen molar-refractivity contribution in [3.8, 4) is 0 Å². The Labute approximate surface area is 113 Å². The van der Waals surface area contributed by atoms with Crippen molar-refractivity contribution in [1.29, 1.82) is 0 Å². The van der Waals surface area contributed by atoms with Crippen molar-refractivity contribution < 1.29 is 0 Å². The summed E-state index contributed by atoms with van der Waals surface area (Å²) in [6.45, 7) is 2.99. The van der Waals surface area contributed by atoms with E-state index in [-0.39, 0.29) is 5.96 Å². The summed E-state index contributed by atoms with van der Waals surface area (Å²) in [7, 11) is 0. The number of hydrogen-bond acceptors (Lipinski definition) is 4. The summed E-state index contributed by atoms with van der Waals surface area (Å²) in [6.07, 6.45) is 7.37. The standard InChI is InChI=1S/C11H20Cl2N4/c1-2-3-4-5-6-7-8-17-9(12)15-11(14)16-10(17)13/h9H,2-8H2,1H3,(H2,14,15). The van der Waals surface area contributed by atoms with Gasteiger partial charge in [0.05, 0.1) is 0 Å². The monoisotopic (exact) mass is 278 g/mol. The van der Waals surface area contributed by atoms with Crippen LogP contribution in [0.15, 0.2) is 9.98 Å². The van der Waals surface area contributed by atoms with Crippen LogP contribution in [0.25, 0.3) is 0 Å². The van der Waals surface area contributed by atoms with E-state index in [0.717, 1.165) is 13.0 Å². The largest absolute Gasteiger partial charge is 0.368 e. The van der Waals surface area contributed by atoms with Crippen LogP contribution in [0.5, 0.6) is 0 Å². The molecule has 1 aliphatic rings. The zero-order valence-corrected chi connectivity index (χ0v) is 11.7. The van der Waals surface area contributed by atoms with Crippen LogP contribution >= 0.6 is 23.2 Å². The third kappa shape index (κ3) is 5.13. The van der Waals surface area contributed by atoms with Crippen LogP contribution < -0.4 is 5.73 Å². The molecule has 1 aliphatic heterocycles. The van der Waals surface area contributed by atoms with Gasteiger partial charge in [-0.25, -0.2) is 4.99 Å². The van der Waals surface area contributed by atoms with Crippen molar-refractivity contribution >= 4 is 34.5 Å². The Bertz CT molecular complexity index is 291. The summed E-state index contributed by atoms with van der Waals surface area (Å²) in [5, 5.41) is 0.339. The minimum Gasteiger partial charge on any atom is -0.368 e. The third-order valence-electron chi connectivity index (χ3n) is 2.69. The van der Waals surface area contributed by atoms with Gasteiger partial charge in [0, 0.05) is 6.54 Å². The highest BCUT2D eigenvalue weighted by atomic mass is 35.5. The molecule has 0 bridgehead atoms. The number of nitrogens with zero attached hydrogens (tertiary/aromatic N) is 3. The molecule has 0 aromatic rings. The second kappa shape index (κ2) is 7.77. The van der Waals surface area contributed by atoms with E-state index in [9.17, 15) is 0 Å². The lowest BCUT2D eigenvalue weighted by Crippen LogP contribution is -2.39. The van der Waals surface area contributed by atoms with E-state index in [0.29, 0.717) is 5.29 Å². The maximum Gasteiger partial charge on any atom is 0.221 e. The molecule has 6 heteroatoms. The third-order valence-corrected chi connectivity index (χ3v) is 3.33. The molecule has 1 unspecified atom stereocenters. The zero-order chi connectivity index (χ0) is 12.7. The molecule has 0 radical (unpaired) electrons. The molecule has 1 rings (SSSR count). The van der Waals surface area contributed by atoms with Gasteiger partial charge in [0.1, 0.15) is 0 Å². The number of aliphatic imine (C=N–C) groups is 2. The molecule has 0 fully saturated rings. The van der Waals surface area contributed by atoms with Crippen LogP contribution in [0.4, 0.5) is 0 Å². The molecule has 0 amide bonds. The minimum atomic E-state index is -0.518. The van der Waals surface area contributed by atoms with Crippen molar-refractivity contribution in [2.75, 3.05) is 6.54 Å². The van der Waals surface area contributed by atoms with Crippen LogP contribution in [0.2, 0.25) is 0 Å². The molecule has 2 N–H and O–H groups in total. The lowest BCUT2D eigenvalue weighted by molar-refractivity contribution is 0.382. The Balaban J connectivity index is 2.21. The first-order chi connectivity index (χ1) is 8.15. The average Bonchev–Trinajstić information content (AvgIpc) is 2.26. The van der Waals surface area contributed by atoms with E-state index in [2.05, 4.69) is 16.9 Å². The SMILES string of the molecule is CCCCCCCCN1C(Cl)=NC(N)=NC1Cl. The molecule has 1 heterocycles. The van der Waals surface area contributed by atoms with Gasteiger partial charge in [-0.15, -0.1) is 0 Å². The van der Waals surface area contributed by atoms with Gasteiger partial charge in [-0.05, 0) is 18.0 Å². The second-order valence-electron chi connectivity index (χ2n) is 4.14. The maximum atomic E-state index is 6.03. The van der Waals surface area contributed by atoms with Crippen LogP contribution in [0, 0.1) is 0 Å². The topological polar surface area (TPSA) is 54.0 Å². The highest BCUT2D eigenvalue weighted by Crippen LogP contribution is 2.16. The molecule has 0 aliphatic carbocycles. The lowest BCUT2D eigenvalue weighted by Gasteiger charge is -2.27. The molecule has 1 atom stereocenters. The summed E-state index contributed by atoms with van der Waals surface area (Å²) < 4.78 is 0. The molecule has 98 valence electrons. The maximum absolute atomic E-state index is 6.03. The van der Waals surface area contributed by atoms with E-state index < -0.39 is 5.62 Å². The molecular weight excluding hydrogens is 259 g/mol. The smallest absolute Gasteiger partial charge is 0.221 e. The van der Waals surface area contributed by atoms with Gasteiger partial charge in [0.2, 0.25) is 16.9 Å². The molecule has 0 saturated heterocycles. The summed E-state index contributed by atoms with van der Waals surface area (Å²) in [5.41, 5.74) is 4.94. The number of nitrogens with two attached hydrogens (primary N) is 1. The number of unbranched alkanes of at least 4 members (excludes halogenated alkanes) is 5. The Morgan fingerprint density at radius 2 is 1.88 bits per heavy atom. The van der Waals surface area contributed by atoms with Gasteiger partial charge in [-0.2, -0.15) is 4.99 Å². The van der Waals surface area contributed by atoms with Gasteiger partial charge < -0.3 is 10.6 Å². The van der Waals surface area contributed by atoms with Crippen LogP contribution in [0.1, 0.15) is 45.4 Å². The summed E-state index contributed by atoms with van der Waals surface area (Å²) in [4.78, 5) is 9.61. The van der Waals surface area contributed by atoms with Gasteiger partial charge >= 0.3 is 0 Å². The van der Waals surface area contributed by atoms with Gasteiger partial charge in [-0.3, -0.25) is 0 Å². The summed E-state index contributed by atoms with van der Waals surface area (Å²) in [6, 6.07) is 0. The average molecular weight is 279 g/mol. The Kier molecular flexibility index (Phi) is 6.66. The van der Waals surface area contributed by atoms with E-state index in [4.69, 9.17) is 28.9 Å². The lowest BCUT2D eigenvalue weighted by atomic mass is 10.1. The molecule has 17 heavy (non-hydrogen) atoms. The zero-order valence-electron chi connectivity index (χ0n) is 10.2. The predicted molar refractivity (Wildman–Crippen MR) is 74.6 cm³/mol. The minimum absolute atomic E-state index is 0.147. The van der Waals surface area contributed by atoms with Crippen molar-refractivity contribution in [2.45, 2.75) is 51.1 Å². The number of halogens is 2.